The molecule has 1 saturated heterocycles. The van der Waals surface area contributed by atoms with E-state index in [1.807, 2.05) is 12.1 Å². The van der Waals surface area contributed by atoms with Gasteiger partial charge in [-0.3, -0.25) is 9.69 Å². The summed E-state index contributed by atoms with van der Waals surface area (Å²) in [7, 11) is 1.65. The van der Waals surface area contributed by atoms with E-state index in [-0.39, 0.29) is 12.5 Å². The van der Waals surface area contributed by atoms with Crippen molar-refractivity contribution in [3.63, 3.8) is 0 Å². The fourth-order valence-electron chi connectivity index (χ4n) is 2.64. The third-order valence-corrected chi connectivity index (χ3v) is 5.10. The number of esters is 1. The number of aliphatic imine (C=N–C) groups is 1. The second kappa shape index (κ2) is 9.76. The minimum Gasteiger partial charge on any atom is -0.479 e. The second-order valence-corrected chi connectivity index (χ2v) is 7.17. The molecule has 0 aromatic heterocycles. The highest BCUT2D eigenvalue weighted by atomic mass is 32.2. The van der Waals surface area contributed by atoms with Gasteiger partial charge in [-0.25, -0.2) is 9.79 Å². The SMILES string of the molecule is CCOC(=O)c1cccc(N=C2SC(=Cc3cccc(OCC#N)c3)C(=O)N2C)c1. The number of likely N-dealkylation sites (N-methyl/N-ethyl adjacent to an activating group) is 1. The van der Waals surface area contributed by atoms with Crippen molar-refractivity contribution >= 4 is 40.6 Å². The summed E-state index contributed by atoms with van der Waals surface area (Å²) in [5, 5.41) is 9.14. The van der Waals surface area contributed by atoms with Crippen LogP contribution in [0.1, 0.15) is 22.8 Å². The van der Waals surface area contributed by atoms with Crippen LogP contribution in [0.2, 0.25) is 0 Å². The highest BCUT2D eigenvalue weighted by Gasteiger charge is 2.30. The average molecular weight is 421 g/mol. The van der Waals surface area contributed by atoms with Gasteiger partial charge in [0.05, 0.1) is 22.8 Å². The van der Waals surface area contributed by atoms with Gasteiger partial charge in [0.2, 0.25) is 0 Å². The molecule has 0 radical (unpaired) electrons. The molecule has 1 aliphatic rings. The first kappa shape index (κ1) is 21.1. The van der Waals surface area contributed by atoms with E-state index in [4.69, 9.17) is 14.7 Å². The molecule has 3 rings (SSSR count). The zero-order valence-corrected chi connectivity index (χ0v) is 17.3. The molecule has 1 amide bonds. The Hall–Kier alpha value is -3.57. The number of nitrogens with zero attached hydrogens (tertiary/aromatic N) is 3. The predicted octanol–water partition coefficient (Wildman–Crippen LogP) is 4.00. The lowest BCUT2D eigenvalue weighted by Gasteiger charge is -2.07. The van der Waals surface area contributed by atoms with E-state index in [0.29, 0.717) is 33.7 Å². The zero-order chi connectivity index (χ0) is 21.5. The van der Waals surface area contributed by atoms with E-state index in [1.54, 1.807) is 62.5 Å². The maximum atomic E-state index is 12.6. The van der Waals surface area contributed by atoms with Crippen LogP contribution in [-0.2, 0) is 9.53 Å². The number of carbonyl (C=O) groups excluding carboxylic acids is 2. The van der Waals surface area contributed by atoms with E-state index in [0.717, 1.165) is 5.56 Å². The van der Waals surface area contributed by atoms with Crippen LogP contribution in [-0.4, -0.2) is 42.2 Å². The van der Waals surface area contributed by atoms with E-state index < -0.39 is 5.97 Å². The first-order valence-corrected chi connectivity index (χ1v) is 9.96. The van der Waals surface area contributed by atoms with E-state index in [9.17, 15) is 9.59 Å². The Labute approximate surface area is 178 Å². The van der Waals surface area contributed by atoms with Crippen LogP contribution in [0.5, 0.6) is 5.75 Å². The quantitative estimate of drug-likeness (QED) is 0.517. The number of amides is 1. The lowest BCUT2D eigenvalue weighted by molar-refractivity contribution is -0.121. The van der Waals surface area contributed by atoms with Crippen molar-refractivity contribution in [2.45, 2.75) is 6.92 Å². The molecule has 0 aliphatic carbocycles. The molecule has 1 aliphatic heterocycles. The van der Waals surface area contributed by atoms with Gasteiger partial charge in [-0.05, 0) is 60.7 Å². The molecule has 30 heavy (non-hydrogen) atoms. The maximum absolute atomic E-state index is 12.6. The summed E-state index contributed by atoms with van der Waals surface area (Å²) in [5.74, 6) is -0.0369. The zero-order valence-electron chi connectivity index (χ0n) is 16.5. The molecule has 0 spiro atoms. The van der Waals surface area contributed by atoms with E-state index >= 15 is 0 Å². The Kier molecular flexibility index (Phi) is 6.88. The third kappa shape index (κ3) is 5.07. The number of amidine groups is 1. The summed E-state index contributed by atoms with van der Waals surface area (Å²) in [4.78, 5) is 31.0. The largest absolute Gasteiger partial charge is 0.479 e. The van der Waals surface area contributed by atoms with Crippen LogP contribution in [0.25, 0.3) is 6.08 Å². The molecular formula is C22H19N3O4S. The Morgan fingerprint density at radius 3 is 2.83 bits per heavy atom. The Bertz CT molecular complexity index is 1070. The topological polar surface area (TPSA) is 92.0 Å². The number of carbonyl (C=O) groups is 2. The van der Waals surface area contributed by atoms with E-state index in [1.165, 1.54) is 16.7 Å². The lowest BCUT2D eigenvalue weighted by atomic mass is 10.2. The van der Waals surface area contributed by atoms with Gasteiger partial charge in [-0.15, -0.1) is 0 Å². The number of hydrogen-bond donors (Lipinski definition) is 0. The standard InChI is InChI=1S/C22H19N3O4S/c1-3-28-21(27)16-7-5-8-17(14-16)24-22-25(2)20(26)19(30-22)13-15-6-4-9-18(12-15)29-11-10-23/h4-9,12-14H,3,11H2,1-2H3. The summed E-state index contributed by atoms with van der Waals surface area (Å²) < 4.78 is 10.3. The Morgan fingerprint density at radius 1 is 1.27 bits per heavy atom. The maximum Gasteiger partial charge on any atom is 0.338 e. The van der Waals surface area contributed by atoms with Crippen molar-refractivity contribution in [3.8, 4) is 11.8 Å². The van der Waals surface area contributed by atoms with Gasteiger partial charge in [-0.1, -0.05) is 18.2 Å². The number of rotatable bonds is 6. The molecule has 2 aromatic carbocycles. The van der Waals surface area contributed by atoms with Crippen molar-refractivity contribution in [3.05, 3.63) is 64.6 Å². The first-order chi connectivity index (χ1) is 14.5. The van der Waals surface area contributed by atoms with Crippen LogP contribution in [0.15, 0.2) is 58.4 Å². The predicted molar refractivity (Wildman–Crippen MR) is 115 cm³/mol. The normalized spacial score (nSPS) is 16.0. The Balaban J connectivity index is 1.83. The van der Waals surface area contributed by atoms with Crippen molar-refractivity contribution in [1.29, 1.82) is 5.26 Å². The van der Waals surface area contributed by atoms with Crippen LogP contribution in [0, 0.1) is 11.3 Å². The van der Waals surface area contributed by atoms with Gasteiger partial charge in [-0.2, -0.15) is 5.26 Å². The van der Waals surface area contributed by atoms with Gasteiger partial charge in [0, 0.05) is 7.05 Å². The number of thioether (sulfide) groups is 1. The minimum atomic E-state index is -0.415. The van der Waals surface area contributed by atoms with Crippen molar-refractivity contribution in [1.82, 2.24) is 4.90 Å². The summed E-state index contributed by atoms with van der Waals surface area (Å²) >= 11 is 1.24. The first-order valence-electron chi connectivity index (χ1n) is 9.15. The van der Waals surface area contributed by atoms with Gasteiger partial charge >= 0.3 is 5.97 Å². The fourth-order valence-corrected chi connectivity index (χ4v) is 3.63. The van der Waals surface area contributed by atoms with Gasteiger partial charge < -0.3 is 9.47 Å². The molecule has 0 saturated carbocycles. The molecule has 7 nitrogen and oxygen atoms in total. The lowest BCUT2D eigenvalue weighted by Crippen LogP contribution is -2.23. The summed E-state index contributed by atoms with van der Waals surface area (Å²) in [6.07, 6.45) is 1.75. The molecule has 1 fully saturated rings. The Morgan fingerprint density at radius 2 is 2.07 bits per heavy atom. The number of benzene rings is 2. The summed E-state index contributed by atoms with van der Waals surface area (Å²) in [6.45, 7) is 2.00. The fraction of sp³-hybridized carbons (Fsp3) is 0.182. The molecule has 0 atom stereocenters. The van der Waals surface area contributed by atoms with Crippen LogP contribution < -0.4 is 4.74 Å². The van der Waals surface area contributed by atoms with E-state index in [2.05, 4.69) is 4.99 Å². The number of nitriles is 1. The smallest absolute Gasteiger partial charge is 0.338 e. The summed E-state index contributed by atoms with van der Waals surface area (Å²) in [5.41, 5.74) is 1.73. The molecule has 0 N–H and O–H groups in total. The van der Waals surface area contributed by atoms with Crippen molar-refractivity contribution in [2.24, 2.45) is 4.99 Å². The van der Waals surface area contributed by atoms with Gasteiger partial charge in [0.1, 0.15) is 11.8 Å². The molecule has 2 aromatic rings. The van der Waals surface area contributed by atoms with Gasteiger partial charge in [0.15, 0.2) is 11.8 Å². The van der Waals surface area contributed by atoms with Crippen LogP contribution in [0.4, 0.5) is 5.69 Å². The van der Waals surface area contributed by atoms with Crippen molar-refractivity contribution in [2.75, 3.05) is 20.3 Å². The molecular weight excluding hydrogens is 402 g/mol. The third-order valence-electron chi connectivity index (χ3n) is 4.04. The van der Waals surface area contributed by atoms with Crippen molar-refractivity contribution < 1.29 is 19.1 Å². The minimum absolute atomic E-state index is 0.0435. The molecule has 152 valence electrons. The number of ether oxygens (including phenoxy) is 2. The number of hydrogen-bond acceptors (Lipinski definition) is 7. The monoisotopic (exact) mass is 421 g/mol. The van der Waals surface area contributed by atoms with Crippen LogP contribution >= 0.6 is 11.8 Å². The molecule has 8 heteroatoms. The highest BCUT2D eigenvalue weighted by molar-refractivity contribution is 8.18. The second-order valence-electron chi connectivity index (χ2n) is 6.16. The van der Waals surface area contributed by atoms with Crippen LogP contribution in [0.3, 0.4) is 0 Å². The highest BCUT2D eigenvalue weighted by Crippen LogP contribution is 2.33. The van der Waals surface area contributed by atoms with Gasteiger partial charge in [0.25, 0.3) is 5.91 Å². The average Bonchev–Trinajstić information content (AvgIpc) is 3.00. The molecule has 0 unspecified atom stereocenters. The molecule has 0 bridgehead atoms. The molecule has 1 heterocycles. The summed E-state index contributed by atoms with van der Waals surface area (Å²) in [6, 6.07) is 15.8.